The summed E-state index contributed by atoms with van der Waals surface area (Å²) in [6.45, 7) is 3.78. The first-order chi connectivity index (χ1) is 15.7. The van der Waals surface area contributed by atoms with Crippen LogP contribution < -0.4 is 15.5 Å². The quantitative estimate of drug-likeness (QED) is 0.463. The van der Waals surface area contributed by atoms with Crippen LogP contribution in [0.2, 0.25) is 5.02 Å². The third-order valence-corrected chi connectivity index (χ3v) is 5.90. The van der Waals surface area contributed by atoms with E-state index in [2.05, 4.69) is 10.6 Å². The molecule has 0 aliphatic carbocycles. The highest BCUT2D eigenvalue weighted by Crippen LogP contribution is 2.32. The number of rotatable bonds is 5. The minimum Gasteiger partial charge on any atom is -0.350 e. The molecular weight excluding hydrogens is 461 g/mol. The Balaban J connectivity index is 1.54. The Labute approximate surface area is 200 Å². The lowest BCUT2D eigenvalue weighted by atomic mass is 10.1. The third kappa shape index (κ3) is 4.62. The number of aryl methyl sites for hydroxylation is 2. The SMILES string of the molecule is Cc1ccc(NC(=O)c2cccc(NC3=C(Cl)C(=O)N(c4ccc(C)c(Cl)c4)C3=O)c2)cc1. The minimum atomic E-state index is -0.655. The maximum absolute atomic E-state index is 13.0. The Kier molecular flexibility index (Phi) is 6.22. The zero-order chi connectivity index (χ0) is 23.7. The van der Waals surface area contributed by atoms with Crippen molar-refractivity contribution in [3.05, 3.63) is 99.2 Å². The van der Waals surface area contributed by atoms with Gasteiger partial charge in [0.25, 0.3) is 17.7 Å². The van der Waals surface area contributed by atoms with E-state index in [1.54, 1.807) is 36.4 Å². The van der Waals surface area contributed by atoms with Crippen molar-refractivity contribution in [1.82, 2.24) is 0 Å². The Morgan fingerprint density at radius 2 is 1.58 bits per heavy atom. The summed E-state index contributed by atoms with van der Waals surface area (Å²) in [6, 6.07) is 18.9. The lowest BCUT2D eigenvalue weighted by Gasteiger charge is -2.16. The van der Waals surface area contributed by atoms with Gasteiger partial charge in [-0.15, -0.1) is 0 Å². The smallest absolute Gasteiger partial charge is 0.283 e. The molecule has 0 radical (unpaired) electrons. The predicted octanol–water partition coefficient (Wildman–Crippen LogP) is 5.64. The number of benzene rings is 3. The summed E-state index contributed by atoms with van der Waals surface area (Å²) < 4.78 is 0. The lowest BCUT2D eigenvalue weighted by Crippen LogP contribution is -2.32. The molecule has 4 rings (SSSR count). The molecule has 0 fully saturated rings. The van der Waals surface area contributed by atoms with Gasteiger partial charge in [-0.2, -0.15) is 0 Å². The number of carbonyl (C=O) groups is 3. The molecule has 0 bridgehead atoms. The van der Waals surface area contributed by atoms with E-state index in [0.29, 0.717) is 27.6 Å². The van der Waals surface area contributed by atoms with Gasteiger partial charge in [0.15, 0.2) is 0 Å². The van der Waals surface area contributed by atoms with Crippen LogP contribution >= 0.6 is 23.2 Å². The van der Waals surface area contributed by atoms with Crippen molar-refractivity contribution in [2.75, 3.05) is 15.5 Å². The van der Waals surface area contributed by atoms with E-state index in [0.717, 1.165) is 16.0 Å². The molecule has 0 spiro atoms. The second-order valence-corrected chi connectivity index (χ2v) is 8.38. The van der Waals surface area contributed by atoms with Gasteiger partial charge in [0.05, 0.1) is 5.69 Å². The summed E-state index contributed by atoms with van der Waals surface area (Å²) in [6.07, 6.45) is 0. The fourth-order valence-electron chi connectivity index (χ4n) is 3.29. The van der Waals surface area contributed by atoms with Crippen molar-refractivity contribution in [3.8, 4) is 0 Å². The number of hydrogen-bond acceptors (Lipinski definition) is 4. The largest absolute Gasteiger partial charge is 0.350 e. The molecule has 0 saturated heterocycles. The molecule has 3 aromatic rings. The average Bonchev–Trinajstić information content (AvgIpc) is 3.00. The molecule has 2 N–H and O–H groups in total. The predicted molar refractivity (Wildman–Crippen MR) is 131 cm³/mol. The van der Waals surface area contributed by atoms with Gasteiger partial charge >= 0.3 is 0 Å². The van der Waals surface area contributed by atoms with Gasteiger partial charge in [-0.25, -0.2) is 4.90 Å². The molecule has 1 aliphatic heterocycles. The normalized spacial score (nSPS) is 13.5. The Bertz CT molecular complexity index is 1320. The monoisotopic (exact) mass is 479 g/mol. The molecule has 0 saturated carbocycles. The Hall–Kier alpha value is -3.61. The van der Waals surface area contributed by atoms with E-state index in [1.165, 1.54) is 6.07 Å². The molecule has 0 atom stereocenters. The lowest BCUT2D eigenvalue weighted by molar-refractivity contribution is -0.120. The summed E-state index contributed by atoms with van der Waals surface area (Å²) in [4.78, 5) is 39.3. The first-order valence-corrected chi connectivity index (χ1v) is 10.8. The summed E-state index contributed by atoms with van der Waals surface area (Å²) in [5.41, 5.74) is 3.62. The van der Waals surface area contributed by atoms with Gasteiger partial charge in [0.1, 0.15) is 10.7 Å². The number of halogens is 2. The van der Waals surface area contributed by atoms with E-state index in [4.69, 9.17) is 23.2 Å². The van der Waals surface area contributed by atoms with Crippen LogP contribution in [0.4, 0.5) is 17.1 Å². The molecule has 6 nitrogen and oxygen atoms in total. The minimum absolute atomic E-state index is 0.0746. The van der Waals surface area contributed by atoms with Crippen molar-refractivity contribution in [2.24, 2.45) is 0 Å². The van der Waals surface area contributed by atoms with Crippen molar-refractivity contribution in [2.45, 2.75) is 13.8 Å². The first kappa shape index (κ1) is 22.6. The van der Waals surface area contributed by atoms with Crippen molar-refractivity contribution < 1.29 is 14.4 Å². The van der Waals surface area contributed by atoms with E-state index >= 15 is 0 Å². The molecule has 3 amide bonds. The molecule has 0 aromatic heterocycles. The maximum Gasteiger partial charge on any atom is 0.283 e. The molecular formula is C25H19Cl2N3O3. The van der Waals surface area contributed by atoms with Gasteiger partial charge in [0.2, 0.25) is 0 Å². The van der Waals surface area contributed by atoms with Gasteiger partial charge in [-0.3, -0.25) is 14.4 Å². The highest BCUT2D eigenvalue weighted by Gasteiger charge is 2.39. The molecule has 8 heteroatoms. The molecule has 1 aliphatic rings. The summed E-state index contributed by atoms with van der Waals surface area (Å²) in [7, 11) is 0. The van der Waals surface area contributed by atoms with Crippen LogP contribution in [0, 0.1) is 13.8 Å². The Morgan fingerprint density at radius 1 is 0.848 bits per heavy atom. The highest BCUT2D eigenvalue weighted by atomic mass is 35.5. The van der Waals surface area contributed by atoms with Crippen LogP contribution in [0.3, 0.4) is 0 Å². The number of hydrogen-bond donors (Lipinski definition) is 2. The van der Waals surface area contributed by atoms with Crippen LogP contribution in [0.15, 0.2) is 77.5 Å². The summed E-state index contributed by atoms with van der Waals surface area (Å²) >= 11 is 12.4. The fraction of sp³-hybridized carbons (Fsp3) is 0.0800. The zero-order valence-corrected chi connectivity index (χ0v) is 19.3. The van der Waals surface area contributed by atoms with Gasteiger partial charge in [-0.1, -0.05) is 53.0 Å². The molecule has 3 aromatic carbocycles. The highest BCUT2D eigenvalue weighted by molar-refractivity contribution is 6.53. The second kappa shape index (κ2) is 9.10. The number of nitrogens with zero attached hydrogens (tertiary/aromatic N) is 1. The van der Waals surface area contributed by atoms with Gasteiger partial charge < -0.3 is 10.6 Å². The number of anilines is 3. The van der Waals surface area contributed by atoms with Crippen molar-refractivity contribution >= 4 is 58.0 Å². The summed E-state index contributed by atoms with van der Waals surface area (Å²) in [5.74, 6) is -1.58. The second-order valence-electron chi connectivity index (χ2n) is 7.59. The molecule has 33 heavy (non-hydrogen) atoms. The third-order valence-electron chi connectivity index (χ3n) is 5.14. The van der Waals surface area contributed by atoms with Gasteiger partial charge in [0, 0.05) is 22.0 Å². The van der Waals surface area contributed by atoms with E-state index in [-0.39, 0.29) is 16.6 Å². The Morgan fingerprint density at radius 3 is 2.27 bits per heavy atom. The standard InChI is InChI=1S/C25H19Cl2N3O3/c1-14-6-9-17(10-7-14)29-23(31)16-4-3-5-18(12-16)28-22-21(27)24(32)30(25(22)33)19-11-8-15(2)20(26)13-19/h3-13,28H,1-2H3,(H,29,31). The van der Waals surface area contributed by atoms with Crippen LogP contribution in [0.1, 0.15) is 21.5 Å². The summed E-state index contributed by atoms with van der Waals surface area (Å²) in [5, 5.41) is 5.89. The first-order valence-electron chi connectivity index (χ1n) is 10.0. The number of carbonyl (C=O) groups excluding carboxylic acids is 3. The van der Waals surface area contributed by atoms with Gasteiger partial charge in [-0.05, 0) is 61.9 Å². The molecule has 166 valence electrons. The van der Waals surface area contributed by atoms with E-state index < -0.39 is 11.8 Å². The van der Waals surface area contributed by atoms with Crippen LogP contribution in [-0.4, -0.2) is 17.7 Å². The number of imide groups is 1. The molecule has 0 unspecified atom stereocenters. The molecule has 1 heterocycles. The van der Waals surface area contributed by atoms with Crippen molar-refractivity contribution in [1.29, 1.82) is 0 Å². The van der Waals surface area contributed by atoms with E-state index in [9.17, 15) is 14.4 Å². The van der Waals surface area contributed by atoms with Crippen molar-refractivity contribution in [3.63, 3.8) is 0 Å². The van der Waals surface area contributed by atoms with Crippen LogP contribution in [0.25, 0.3) is 0 Å². The van der Waals surface area contributed by atoms with Crippen LogP contribution in [-0.2, 0) is 9.59 Å². The topological polar surface area (TPSA) is 78.5 Å². The number of amides is 3. The van der Waals surface area contributed by atoms with E-state index in [1.807, 2.05) is 38.1 Å². The average molecular weight is 480 g/mol. The van der Waals surface area contributed by atoms with Crippen LogP contribution in [0.5, 0.6) is 0 Å². The maximum atomic E-state index is 13.0. The number of nitrogens with one attached hydrogen (secondary N) is 2. The zero-order valence-electron chi connectivity index (χ0n) is 17.8. The fourth-order valence-corrected chi connectivity index (χ4v) is 3.68.